The van der Waals surface area contributed by atoms with E-state index in [0.29, 0.717) is 31.7 Å². The number of nitrogens with zero attached hydrogens (tertiary/aromatic N) is 3. The molecule has 0 atom stereocenters. The second-order valence-electron chi connectivity index (χ2n) is 7.26. The molecule has 1 aromatic heterocycles. The number of aromatic nitrogens is 2. The maximum atomic E-state index is 12.8. The zero-order valence-corrected chi connectivity index (χ0v) is 16.9. The van der Waals surface area contributed by atoms with Gasteiger partial charge in [0.05, 0.1) is 18.5 Å². The smallest absolute Gasteiger partial charge is 0.253 e. The fourth-order valence-corrected chi connectivity index (χ4v) is 3.62. The molecule has 1 aliphatic rings. The van der Waals surface area contributed by atoms with Crippen LogP contribution < -0.4 is 4.74 Å². The van der Waals surface area contributed by atoms with E-state index in [-0.39, 0.29) is 5.91 Å². The molecule has 3 aromatic rings. The van der Waals surface area contributed by atoms with E-state index in [9.17, 15) is 9.59 Å². The molecule has 0 aliphatic carbocycles. The number of hydrogen-bond acceptors (Lipinski definition) is 4. The summed E-state index contributed by atoms with van der Waals surface area (Å²) in [5.41, 5.74) is 4.27. The summed E-state index contributed by atoms with van der Waals surface area (Å²) in [5, 5.41) is 7.47. The Morgan fingerprint density at radius 2 is 1.87 bits per heavy atom. The number of H-pyrrole nitrogens is 1. The third-order valence-corrected chi connectivity index (χ3v) is 5.35. The van der Waals surface area contributed by atoms with Gasteiger partial charge in [-0.3, -0.25) is 14.7 Å². The van der Waals surface area contributed by atoms with Crippen LogP contribution in [0.5, 0.6) is 5.75 Å². The van der Waals surface area contributed by atoms with Gasteiger partial charge in [0, 0.05) is 37.3 Å². The van der Waals surface area contributed by atoms with Gasteiger partial charge in [0.1, 0.15) is 5.75 Å². The van der Waals surface area contributed by atoms with Gasteiger partial charge in [-0.2, -0.15) is 5.10 Å². The van der Waals surface area contributed by atoms with Gasteiger partial charge in [0.25, 0.3) is 5.91 Å². The molecule has 1 fully saturated rings. The molecule has 2 aromatic carbocycles. The van der Waals surface area contributed by atoms with E-state index in [0.717, 1.165) is 41.1 Å². The van der Waals surface area contributed by atoms with Crippen molar-refractivity contribution in [2.45, 2.75) is 6.42 Å². The maximum absolute atomic E-state index is 12.8. The molecule has 1 N–H and O–H groups in total. The Morgan fingerprint density at radius 1 is 1.03 bits per heavy atom. The molecule has 1 aliphatic heterocycles. The van der Waals surface area contributed by atoms with Crippen molar-refractivity contribution in [1.82, 2.24) is 20.0 Å². The number of amides is 2. The van der Waals surface area contributed by atoms with Crippen LogP contribution in [0.2, 0.25) is 0 Å². The zero-order valence-electron chi connectivity index (χ0n) is 16.9. The van der Waals surface area contributed by atoms with E-state index < -0.39 is 0 Å². The predicted octanol–water partition coefficient (Wildman–Crippen LogP) is 3.06. The molecular formula is C23H24N4O3. The Bertz CT molecular complexity index is 1030. The lowest BCUT2D eigenvalue weighted by Gasteiger charge is -2.20. The largest absolute Gasteiger partial charge is 0.497 e. The van der Waals surface area contributed by atoms with Crippen LogP contribution in [0.4, 0.5) is 0 Å². The van der Waals surface area contributed by atoms with Crippen molar-refractivity contribution in [3.8, 4) is 28.3 Å². The van der Waals surface area contributed by atoms with Gasteiger partial charge >= 0.3 is 0 Å². The number of rotatable bonds is 5. The standard InChI is InChI=1S/C23H24N4O3/c1-30-20-5-2-4-19(14-20)22-15-21(24-25-22)17-6-8-18(9-7-17)23(29)27-11-3-10-26(16-28)12-13-27/h2,4-9,14-16H,3,10-13H2,1H3,(H,24,25). The van der Waals surface area contributed by atoms with Crippen molar-refractivity contribution in [2.75, 3.05) is 33.3 Å². The minimum Gasteiger partial charge on any atom is -0.497 e. The molecular weight excluding hydrogens is 380 g/mol. The van der Waals surface area contributed by atoms with Crippen molar-refractivity contribution in [3.63, 3.8) is 0 Å². The summed E-state index contributed by atoms with van der Waals surface area (Å²) in [4.78, 5) is 27.3. The number of nitrogens with one attached hydrogen (secondary N) is 1. The van der Waals surface area contributed by atoms with Crippen LogP contribution in [0.1, 0.15) is 16.8 Å². The Morgan fingerprint density at radius 3 is 2.63 bits per heavy atom. The summed E-state index contributed by atoms with van der Waals surface area (Å²) in [7, 11) is 1.64. The highest BCUT2D eigenvalue weighted by Gasteiger charge is 2.19. The molecule has 4 rings (SSSR count). The fourth-order valence-electron chi connectivity index (χ4n) is 3.62. The lowest BCUT2D eigenvalue weighted by molar-refractivity contribution is -0.118. The predicted molar refractivity (Wildman–Crippen MR) is 114 cm³/mol. The van der Waals surface area contributed by atoms with E-state index in [1.165, 1.54) is 0 Å². The lowest BCUT2D eigenvalue weighted by Crippen LogP contribution is -2.34. The van der Waals surface area contributed by atoms with Crippen LogP contribution in [0.25, 0.3) is 22.5 Å². The van der Waals surface area contributed by atoms with E-state index >= 15 is 0 Å². The first-order valence-corrected chi connectivity index (χ1v) is 9.97. The second-order valence-corrected chi connectivity index (χ2v) is 7.26. The van der Waals surface area contributed by atoms with Crippen LogP contribution in [-0.2, 0) is 4.79 Å². The van der Waals surface area contributed by atoms with Gasteiger partial charge in [0.15, 0.2) is 0 Å². The first-order chi connectivity index (χ1) is 14.7. The molecule has 154 valence electrons. The first kappa shape index (κ1) is 19.7. The minimum absolute atomic E-state index is 0.00372. The molecule has 1 saturated heterocycles. The normalized spacial score (nSPS) is 14.3. The third kappa shape index (κ3) is 4.20. The summed E-state index contributed by atoms with van der Waals surface area (Å²) in [6.45, 7) is 2.50. The lowest BCUT2D eigenvalue weighted by atomic mass is 10.1. The number of benzene rings is 2. The summed E-state index contributed by atoms with van der Waals surface area (Å²) < 4.78 is 5.28. The first-order valence-electron chi connectivity index (χ1n) is 9.97. The number of aromatic amines is 1. The molecule has 30 heavy (non-hydrogen) atoms. The van der Waals surface area contributed by atoms with Crippen LogP contribution in [0.15, 0.2) is 54.6 Å². The van der Waals surface area contributed by atoms with E-state index in [4.69, 9.17) is 4.74 Å². The van der Waals surface area contributed by atoms with Crippen LogP contribution >= 0.6 is 0 Å². The van der Waals surface area contributed by atoms with Crippen molar-refractivity contribution < 1.29 is 14.3 Å². The Kier molecular flexibility index (Phi) is 5.79. The fraction of sp³-hybridized carbons (Fsp3) is 0.261. The van der Waals surface area contributed by atoms with E-state index in [2.05, 4.69) is 10.2 Å². The number of methoxy groups -OCH3 is 1. The van der Waals surface area contributed by atoms with Gasteiger partial charge in [-0.25, -0.2) is 0 Å². The van der Waals surface area contributed by atoms with Gasteiger partial charge in [-0.1, -0.05) is 24.3 Å². The number of carbonyl (C=O) groups is 2. The Labute approximate surface area is 175 Å². The van der Waals surface area contributed by atoms with Gasteiger partial charge in [-0.05, 0) is 42.3 Å². The number of hydrogen-bond donors (Lipinski definition) is 1. The molecule has 2 amide bonds. The molecule has 0 radical (unpaired) electrons. The average molecular weight is 404 g/mol. The van der Waals surface area contributed by atoms with Crippen molar-refractivity contribution in [1.29, 1.82) is 0 Å². The Hall–Kier alpha value is -3.61. The highest BCUT2D eigenvalue weighted by atomic mass is 16.5. The monoisotopic (exact) mass is 404 g/mol. The van der Waals surface area contributed by atoms with Gasteiger partial charge in [0.2, 0.25) is 6.41 Å². The summed E-state index contributed by atoms with van der Waals surface area (Å²) in [6.07, 6.45) is 1.65. The SMILES string of the molecule is COc1cccc(-c2cc(-c3ccc(C(=O)N4CCCN(C=O)CC4)cc3)[nH]n2)c1. The molecule has 0 unspecified atom stereocenters. The minimum atomic E-state index is -0.00372. The van der Waals surface area contributed by atoms with Crippen LogP contribution in [-0.4, -0.2) is 65.6 Å². The maximum Gasteiger partial charge on any atom is 0.253 e. The molecule has 0 saturated carbocycles. The molecule has 0 bridgehead atoms. The van der Waals surface area contributed by atoms with Gasteiger partial charge < -0.3 is 14.5 Å². The summed E-state index contributed by atoms with van der Waals surface area (Å²) in [6, 6.07) is 17.3. The molecule has 7 nitrogen and oxygen atoms in total. The zero-order chi connectivity index (χ0) is 20.9. The highest BCUT2D eigenvalue weighted by Crippen LogP contribution is 2.26. The molecule has 7 heteroatoms. The van der Waals surface area contributed by atoms with E-state index in [1.807, 2.05) is 59.5 Å². The number of ether oxygens (including phenoxy) is 1. The quantitative estimate of drug-likeness (QED) is 0.663. The molecule has 2 heterocycles. The van der Waals surface area contributed by atoms with Crippen molar-refractivity contribution >= 4 is 12.3 Å². The topological polar surface area (TPSA) is 78.5 Å². The third-order valence-electron chi connectivity index (χ3n) is 5.35. The van der Waals surface area contributed by atoms with Crippen LogP contribution in [0.3, 0.4) is 0 Å². The van der Waals surface area contributed by atoms with Crippen molar-refractivity contribution in [3.05, 3.63) is 60.2 Å². The second kappa shape index (κ2) is 8.82. The van der Waals surface area contributed by atoms with Crippen LogP contribution in [0, 0.1) is 0 Å². The van der Waals surface area contributed by atoms with E-state index in [1.54, 1.807) is 12.0 Å². The Balaban J connectivity index is 1.48. The molecule has 0 spiro atoms. The van der Waals surface area contributed by atoms with Gasteiger partial charge in [-0.15, -0.1) is 0 Å². The number of carbonyl (C=O) groups excluding carboxylic acids is 2. The highest BCUT2D eigenvalue weighted by molar-refractivity contribution is 5.94. The average Bonchev–Trinajstić information content (AvgIpc) is 3.17. The summed E-state index contributed by atoms with van der Waals surface area (Å²) >= 11 is 0. The summed E-state index contributed by atoms with van der Waals surface area (Å²) in [5.74, 6) is 0.778. The van der Waals surface area contributed by atoms with Crippen molar-refractivity contribution in [2.24, 2.45) is 0 Å².